The van der Waals surface area contributed by atoms with E-state index < -0.39 is 0 Å². The number of rotatable bonds is 5. The van der Waals surface area contributed by atoms with Crippen LogP contribution in [-0.4, -0.2) is 18.7 Å². The monoisotopic (exact) mass is 344 g/mol. The van der Waals surface area contributed by atoms with E-state index in [-0.39, 0.29) is 5.97 Å². The predicted molar refractivity (Wildman–Crippen MR) is 105 cm³/mol. The SMILES string of the molecule is CC(=NN(C)c1ccccc1)c1ccc(OC(=O)c2ccccc2)cc1. The van der Waals surface area contributed by atoms with Gasteiger partial charge in [0, 0.05) is 7.05 Å². The van der Waals surface area contributed by atoms with Gasteiger partial charge in [-0.15, -0.1) is 0 Å². The summed E-state index contributed by atoms with van der Waals surface area (Å²) < 4.78 is 5.40. The lowest BCUT2D eigenvalue weighted by atomic mass is 10.1. The van der Waals surface area contributed by atoms with Crippen molar-refractivity contribution in [3.63, 3.8) is 0 Å². The zero-order valence-electron chi connectivity index (χ0n) is 14.8. The molecule has 0 aromatic heterocycles. The zero-order valence-corrected chi connectivity index (χ0v) is 14.8. The van der Waals surface area contributed by atoms with E-state index in [4.69, 9.17) is 4.74 Å². The number of para-hydroxylation sites is 1. The van der Waals surface area contributed by atoms with E-state index in [1.165, 1.54) is 0 Å². The highest BCUT2D eigenvalue weighted by Crippen LogP contribution is 2.16. The summed E-state index contributed by atoms with van der Waals surface area (Å²) in [6, 6.07) is 26.2. The van der Waals surface area contributed by atoms with Crippen LogP contribution in [0.2, 0.25) is 0 Å². The van der Waals surface area contributed by atoms with E-state index in [0.29, 0.717) is 11.3 Å². The molecule has 26 heavy (non-hydrogen) atoms. The molecule has 130 valence electrons. The summed E-state index contributed by atoms with van der Waals surface area (Å²) in [5, 5.41) is 6.43. The maximum absolute atomic E-state index is 12.1. The molecule has 0 radical (unpaired) electrons. The number of ether oxygens (including phenoxy) is 1. The Kier molecular flexibility index (Phi) is 5.44. The van der Waals surface area contributed by atoms with Crippen LogP contribution < -0.4 is 9.75 Å². The van der Waals surface area contributed by atoms with E-state index >= 15 is 0 Å². The molecule has 0 unspecified atom stereocenters. The van der Waals surface area contributed by atoms with E-state index in [9.17, 15) is 4.79 Å². The Morgan fingerprint density at radius 1 is 0.808 bits per heavy atom. The number of benzene rings is 3. The number of esters is 1. The summed E-state index contributed by atoms with van der Waals surface area (Å²) in [6.07, 6.45) is 0. The molecule has 3 aromatic carbocycles. The quantitative estimate of drug-likeness (QED) is 0.290. The Labute approximate surface area is 153 Å². The van der Waals surface area contributed by atoms with Gasteiger partial charge in [-0.25, -0.2) is 4.79 Å². The third-order valence-electron chi connectivity index (χ3n) is 3.92. The van der Waals surface area contributed by atoms with Gasteiger partial charge >= 0.3 is 5.97 Å². The molecular formula is C22H20N2O2. The van der Waals surface area contributed by atoms with Crippen LogP contribution in [0.1, 0.15) is 22.8 Å². The van der Waals surface area contributed by atoms with Crippen molar-refractivity contribution in [2.45, 2.75) is 6.92 Å². The summed E-state index contributed by atoms with van der Waals surface area (Å²) in [4.78, 5) is 12.1. The van der Waals surface area contributed by atoms with E-state index in [1.807, 2.05) is 79.6 Å². The van der Waals surface area contributed by atoms with E-state index in [0.717, 1.165) is 17.0 Å². The van der Waals surface area contributed by atoms with Gasteiger partial charge in [-0.2, -0.15) is 5.10 Å². The normalized spacial score (nSPS) is 11.1. The van der Waals surface area contributed by atoms with Gasteiger partial charge in [0.25, 0.3) is 0 Å². The smallest absolute Gasteiger partial charge is 0.343 e. The molecule has 0 N–H and O–H groups in total. The summed E-state index contributed by atoms with van der Waals surface area (Å²) >= 11 is 0. The van der Waals surface area contributed by atoms with Crippen molar-refractivity contribution in [2.24, 2.45) is 5.10 Å². The molecule has 0 saturated heterocycles. The minimum Gasteiger partial charge on any atom is -0.423 e. The van der Waals surface area contributed by atoms with Gasteiger partial charge < -0.3 is 4.74 Å². The lowest BCUT2D eigenvalue weighted by Gasteiger charge is -2.14. The highest BCUT2D eigenvalue weighted by molar-refractivity contribution is 5.99. The van der Waals surface area contributed by atoms with Gasteiger partial charge in [0.2, 0.25) is 0 Å². The molecule has 0 atom stereocenters. The highest BCUT2D eigenvalue weighted by Gasteiger charge is 2.08. The Morgan fingerprint density at radius 2 is 1.38 bits per heavy atom. The van der Waals surface area contributed by atoms with Crippen LogP contribution in [0.4, 0.5) is 5.69 Å². The van der Waals surface area contributed by atoms with Gasteiger partial charge in [0.05, 0.1) is 17.0 Å². The largest absolute Gasteiger partial charge is 0.423 e. The van der Waals surface area contributed by atoms with Crippen molar-refractivity contribution in [1.82, 2.24) is 0 Å². The summed E-state index contributed by atoms with van der Waals surface area (Å²) in [7, 11) is 1.91. The molecule has 3 aromatic rings. The Bertz CT molecular complexity index is 888. The molecule has 3 rings (SSSR count). The van der Waals surface area contributed by atoms with E-state index in [2.05, 4.69) is 5.10 Å². The Hall–Kier alpha value is -3.40. The van der Waals surface area contributed by atoms with E-state index in [1.54, 1.807) is 24.3 Å². The summed E-state index contributed by atoms with van der Waals surface area (Å²) in [5.41, 5.74) is 3.38. The van der Waals surface area contributed by atoms with Crippen molar-refractivity contribution in [2.75, 3.05) is 12.1 Å². The standard InChI is InChI=1S/C22H20N2O2/c1-17(23-24(2)20-11-7-4-8-12-20)18-13-15-21(16-14-18)26-22(25)19-9-5-3-6-10-19/h3-16H,1-2H3. The van der Waals surface area contributed by atoms with Crippen LogP contribution in [-0.2, 0) is 0 Å². The Balaban J connectivity index is 1.69. The number of nitrogens with zero attached hydrogens (tertiary/aromatic N) is 2. The molecule has 0 aliphatic heterocycles. The van der Waals surface area contributed by atoms with Crippen molar-refractivity contribution in [1.29, 1.82) is 0 Å². The fraction of sp³-hybridized carbons (Fsp3) is 0.0909. The lowest BCUT2D eigenvalue weighted by molar-refractivity contribution is 0.0735. The Morgan fingerprint density at radius 3 is 2.00 bits per heavy atom. The van der Waals surface area contributed by atoms with Gasteiger partial charge in [-0.3, -0.25) is 5.01 Å². The first-order chi connectivity index (χ1) is 12.6. The molecule has 0 aliphatic rings. The van der Waals surface area contributed by atoms with Gasteiger partial charge in [0.15, 0.2) is 0 Å². The first-order valence-electron chi connectivity index (χ1n) is 8.35. The van der Waals surface area contributed by atoms with Crippen molar-refractivity contribution >= 4 is 17.4 Å². The third-order valence-corrected chi connectivity index (χ3v) is 3.92. The average molecular weight is 344 g/mol. The van der Waals surface area contributed by atoms with Gasteiger partial charge in [-0.05, 0) is 61.0 Å². The van der Waals surface area contributed by atoms with Crippen molar-refractivity contribution < 1.29 is 9.53 Å². The van der Waals surface area contributed by atoms with Crippen LogP contribution in [0.25, 0.3) is 0 Å². The molecule has 0 amide bonds. The summed E-state index contributed by atoms with van der Waals surface area (Å²) in [5.74, 6) is 0.138. The summed E-state index contributed by atoms with van der Waals surface area (Å²) in [6.45, 7) is 1.95. The fourth-order valence-electron chi connectivity index (χ4n) is 2.49. The van der Waals surface area contributed by atoms with Gasteiger partial charge in [-0.1, -0.05) is 36.4 Å². The van der Waals surface area contributed by atoms with Crippen LogP contribution in [0.15, 0.2) is 90.0 Å². The fourth-order valence-corrected chi connectivity index (χ4v) is 2.49. The van der Waals surface area contributed by atoms with Crippen LogP contribution >= 0.6 is 0 Å². The number of hydrogen-bond acceptors (Lipinski definition) is 4. The molecule has 0 spiro atoms. The second kappa shape index (κ2) is 8.12. The molecule has 0 fully saturated rings. The molecule has 0 heterocycles. The molecule has 0 saturated carbocycles. The molecule has 4 nitrogen and oxygen atoms in total. The maximum atomic E-state index is 12.1. The van der Waals surface area contributed by atoms with Crippen molar-refractivity contribution in [3.8, 4) is 5.75 Å². The number of carbonyl (C=O) groups excluding carboxylic acids is 1. The first kappa shape index (κ1) is 17.4. The average Bonchev–Trinajstić information content (AvgIpc) is 2.69. The number of anilines is 1. The second-order valence-corrected chi connectivity index (χ2v) is 5.82. The maximum Gasteiger partial charge on any atom is 0.343 e. The first-order valence-corrected chi connectivity index (χ1v) is 8.35. The highest BCUT2D eigenvalue weighted by atomic mass is 16.5. The molecule has 0 bridgehead atoms. The molecule has 4 heteroatoms. The minimum absolute atomic E-state index is 0.368. The molecular weight excluding hydrogens is 324 g/mol. The molecule has 0 aliphatic carbocycles. The zero-order chi connectivity index (χ0) is 18.4. The van der Waals surface area contributed by atoms with Crippen LogP contribution in [0.3, 0.4) is 0 Å². The second-order valence-electron chi connectivity index (χ2n) is 5.82. The van der Waals surface area contributed by atoms with Crippen LogP contribution in [0, 0.1) is 0 Å². The van der Waals surface area contributed by atoms with Gasteiger partial charge in [0.1, 0.15) is 5.75 Å². The number of hydrogen-bond donors (Lipinski definition) is 0. The predicted octanol–water partition coefficient (Wildman–Crippen LogP) is 4.77. The topological polar surface area (TPSA) is 41.9 Å². The third kappa shape index (κ3) is 4.36. The number of carbonyl (C=O) groups is 1. The lowest BCUT2D eigenvalue weighted by Crippen LogP contribution is -2.12. The minimum atomic E-state index is -0.368. The van der Waals surface area contributed by atoms with Crippen molar-refractivity contribution in [3.05, 3.63) is 96.1 Å². The van der Waals surface area contributed by atoms with Crippen LogP contribution in [0.5, 0.6) is 5.75 Å². The number of hydrazone groups is 1.